The third-order valence-electron chi connectivity index (χ3n) is 2.61. The minimum Gasteiger partial charge on any atom is -0.355 e. The summed E-state index contributed by atoms with van der Waals surface area (Å²) in [5, 5.41) is 9.54. The van der Waals surface area contributed by atoms with E-state index >= 15 is 0 Å². The van der Waals surface area contributed by atoms with Crippen molar-refractivity contribution >= 4 is 5.91 Å². The van der Waals surface area contributed by atoms with Crippen LogP contribution in [0, 0.1) is 5.92 Å². The molecule has 1 unspecified atom stereocenters. The predicted octanol–water partition coefficient (Wildman–Crippen LogP) is 0.752. The lowest BCUT2D eigenvalue weighted by atomic mass is 10.1. The van der Waals surface area contributed by atoms with Crippen LogP contribution in [0.25, 0.3) is 0 Å². The van der Waals surface area contributed by atoms with Gasteiger partial charge in [0.2, 0.25) is 11.8 Å². The van der Waals surface area contributed by atoms with Crippen LogP contribution in [0.5, 0.6) is 0 Å². The van der Waals surface area contributed by atoms with Crippen molar-refractivity contribution in [2.45, 2.75) is 39.7 Å². The molecule has 0 aliphatic carbocycles. The first kappa shape index (κ1) is 14.6. The zero-order chi connectivity index (χ0) is 13.4. The summed E-state index contributed by atoms with van der Waals surface area (Å²) in [5.74, 6) is 1.21. The average molecular weight is 254 g/mol. The molecular weight excluding hydrogens is 232 g/mol. The Morgan fingerprint density at radius 1 is 1.39 bits per heavy atom. The number of nitrogens with one attached hydrogen (secondary N) is 2. The van der Waals surface area contributed by atoms with E-state index in [1.54, 1.807) is 0 Å². The lowest BCUT2D eigenvalue weighted by molar-refractivity contribution is -0.122. The molecule has 0 bridgehead atoms. The van der Waals surface area contributed by atoms with Crippen LogP contribution in [0.2, 0.25) is 0 Å². The van der Waals surface area contributed by atoms with Gasteiger partial charge in [-0.15, -0.1) is 0 Å². The maximum absolute atomic E-state index is 11.7. The van der Waals surface area contributed by atoms with Gasteiger partial charge in [-0.25, -0.2) is 0 Å². The van der Waals surface area contributed by atoms with E-state index in [0.29, 0.717) is 24.8 Å². The highest BCUT2D eigenvalue weighted by atomic mass is 16.5. The average Bonchev–Trinajstić information content (AvgIpc) is 2.81. The molecule has 0 saturated carbocycles. The van der Waals surface area contributed by atoms with Gasteiger partial charge in [0.15, 0.2) is 6.33 Å². The van der Waals surface area contributed by atoms with E-state index in [9.17, 15) is 4.79 Å². The van der Waals surface area contributed by atoms with Crippen molar-refractivity contribution in [3.8, 4) is 0 Å². The van der Waals surface area contributed by atoms with E-state index in [4.69, 9.17) is 4.52 Å². The highest BCUT2D eigenvalue weighted by Crippen LogP contribution is 1.96. The van der Waals surface area contributed by atoms with Crippen LogP contribution in [-0.2, 0) is 11.2 Å². The highest BCUT2D eigenvalue weighted by Gasteiger charge is 2.11. The second-order valence-corrected chi connectivity index (χ2v) is 4.73. The van der Waals surface area contributed by atoms with Crippen LogP contribution in [0.3, 0.4) is 0 Å². The fraction of sp³-hybridized carbons (Fsp3) is 0.750. The molecule has 0 saturated heterocycles. The largest absolute Gasteiger partial charge is 0.355 e. The van der Waals surface area contributed by atoms with E-state index in [1.165, 1.54) is 6.33 Å². The fourth-order valence-corrected chi connectivity index (χ4v) is 1.43. The van der Waals surface area contributed by atoms with E-state index in [2.05, 4.69) is 34.6 Å². The van der Waals surface area contributed by atoms with Gasteiger partial charge < -0.3 is 15.2 Å². The maximum atomic E-state index is 11.7. The highest BCUT2D eigenvalue weighted by molar-refractivity contribution is 5.81. The smallest absolute Gasteiger partial charge is 0.236 e. The molecule has 6 heteroatoms. The van der Waals surface area contributed by atoms with Crippen LogP contribution in [0.1, 0.15) is 33.1 Å². The number of rotatable bonds is 8. The second-order valence-electron chi connectivity index (χ2n) is 4.73. The van der Waals surface area contributed by atoms with Crippen LogP contribution in [0.4, 0.5) is 0 Å². The number of hydrogen-bond donors (Lipinski definition) is 2. The van der Waals surface area contributed by atoms with Gasteiger partial charge in [-0.1, -0.05) is 19.0 Å². The molecule has 1 aromatic rings. The first-order valence-electron chi connectivity index (χ1n) is 6.36. The van der Waals surface area contributed by atoms with Gasteiger partial charge in [-0.3, -0.25) is 4.79 Å². The first-order valence-corrected chi connectivity index (χ1v) is 6.36. The maximum Gasteiger partial charge on any atom is 0.236 e. The van der Waals surface area contributed by atoms with Crippen molar-refractivity contribution in [3.05, 3.63) is 12.2 Å². The van der Waals surface area contributed by atoms with Crippen LogP contribution >= 0.6 is 0 Å². The number of amides is 1. The molecule has 0 radical (unpaired) electrons. The van der Waals surface area contributed by atoms with Crippen molar-refractivity contribution < 1.29 is 9.32 Å². The molecule has 0 aromatic carbocycles. The van der Waals surface area contributed by atoms with Crippen molar-refractivity contribution in [2.24, 2.45) is 5.92 Å². The molecule has 0 aliphatic heterocycles. The summed E-state index contributed by atoms with van der Waals surface area (Å²) < 4.78 is 4.87. The standard InChI is InChI=1S/C12H22N4O2/c1-9(2)4-6-14-12(17)10(3)13-7-5-11-15-8-16-18-11/h8-10,13H,4-7H2,1-3H3,(H,14,17). The topological polar surface area (TPSA) is 80.0 Å². The number of nitrogens with zero attached hydrogens (tertiary/aromatic N) is 2. The summed E-state index contributed by atoms with van der Waals surface area (Å²) in [6, 6.07) is -0.208. The second kappa shape index (κ2) is 7.81. The minimum atomic E-state index is -0.208. The lowest BCUT2D eigenvalue weighted by Gasteiger charge is -2.14. The van der Waals surface area contributed by atoms with Crippen molar-refractivity contribution in [1.29, 1.82) is 0 Å². The number of carbonyl (C=O) groups is 1. The Morgan fingerprint density at radius 3 is 2.78 bits per heavy atom. The molecule has 6 nitrogen and oxygen atoms in total. The number of aromatic nitrogens is 2. The molecule has 0 spiro atoms. The molecular formula is C12H22N4O2. The molecule has 1 rings (SSSR count). The third kappa shape index (κ3) is 5.77. The minimum absolute atomic E-state index is 0.0289. The summed E-state index contributed by atoms with van der Waals surface area (Å²) in [6.45, 7) is 7.49. The zero-order valence-electron chi connectivity index (χ0n) is 11.3. The Bertz CT molecular complexity index is 338. The normalized spacial score (nSPS) is 12.7. The monoisotopic (exact) mass is 254 g/mol. The molecule has 0 fully saturated rings. The van der Waals surface area contributed by atoms with E-state index in [-0.39, 0.29) is 11.9 Å². The number of hydrogen-bond acceptors (Lipinski definition) is 5. The molecule has 18 heavy (non-hydrogen) atoms. The third-order valence-corrected chi connectivity index (χ3v) is 2.61. The van der Waals surface area contributed by atoms with Crippen LogP contribution < -0.4 is 10.6 Å². The Kier molecular flexibility index (Phi) is 6.35. The van der Waals surface area contributed by atoms with Gasteiger partial charge in [0.05, 0.1) is 6.04 Å². The zero-order valence-corrected chi connectivity index (χ0v) is 11.3. The Morgan fingerprint density at radius 2 is 2.17 bits per heavy atom. The van der Waals surface area contributed by atoms with E-state index in [1.807, 2.05) is 6.92 Å². The van der Waals surface area contributed by atoms with Crippen molar-refractivity contribution in [1.82, 2.24) is 20.8 Å². The van der Waals surface area contributed by atoms with Gasteiger partial charge in [-0.05, 0) is 19.3 Å². The van der Waals surface area contributed by atoms with Gasteiger partial charge in [0.25, 0.3) is 0 Å². The summed E-state index contributed by atoms with van der Waals surface area (Å²) in [6.07, 6.45) is 3.00. The molecule has 102 valence electrons. The van der Waals surface area contributed by atoms with Gasteiger partial charge in [-0.2, -0.15) is 4.98 Å². The SMILES string of the molecule is CC(C)CCNC(=O)C(C)NCCc1ncno1. The summed E-state index contributed by atoms with van der Waals surface area (Å²) in [4.78, 5) is 15.6. The van der Waals surface area contributed by atoms with E-state index < -0.39 is 0 Å². The molecule has 1 atom stereocenters. The molecule has 1 amide bonds. The van der Waals surface area contributed by atoms with E-state index in [0.717, 1.165) is 13.0 Å². The Balaban J connectivity index is 2.11. The lowest BCUT2D eigenvalue weighted by Crippen LogP contribution is -2.43. The van der Waals surface area contributed by atoms with Crippen molar-refractivity contribution in [2.75, 3.05) is 13.1 Å². The predicted molar refractivity (Wildman–Crippen MR) is 67.9 cm³/mol. The Hall–Kier alpha value is -1.43. The van der Waals surface area contributed by atoms with Gasteiger partial charge in [0.1, 0.15) is 0 Å². The molecule has 1 aromatic heterocycles. The van der Waals surface area contributed by atoms with Crippen LogP contribution in [-0.4, -0.2) is 35.2 Å². The van der Waals surface area contributed by atoms with Crippen LogP contribution in [0.15, 0.2) is 10.9 Å². The first-order chi connectivity index (χ1) is 8.59. The summed E-state index contributed by atoms with van der Waals surface area (Å²) in [7, 11) is 0. The van der Waals surface area contributed by atoms with Gasteiger partial charge in [0, 0.05) is 19.5 Å². The van der Waals surface area contributed by atoms with Crippen molar-refractivity contribution in [3.63, 3.8) is 0 Å². The van der Waals surface area contributed by atoms with Gasteiger partial charge >= 0.3 is 0 Å². The summed E-state index contributed by atoms with van der Waals surface area (Å²) >= 11 is 0. The summed E-state index contributed by atoms with van der Waals surface area (Å²) in [5.41, 5.74) is 0. The Labute approximate surface area is 108 Å². The molecule has 2 N–H and O–H groups in total. The number of carbonyl (C=O) groups excluding carboxylic acids is 1. The molecule has 0 aliphatic rings. The molecule has 1 heterocycles. The quantitative estimate of drug-likeness (QED) is 0.715. The fourth-order valence-electron chi connectivity index (χ4n) is 1.43.